The van der Waals surface area contributed by atoms with Crippen molar-refractivity contribution in [2.45, 2.75) is 13.8 Å². The second-order valence-corrected chi connectivity index (χ2v) is 5.47. The standard InChI is InChI=1S/C19H16FNO/c1-12(2)17-11-21(18-10-14(20)9-8-13(18)3)19(22)16-7-5-4-6-15(16)17/h4-11H,1H2,2-3H3. The van der Waals surface area contributed by atoms with E-state index >= 15 is 0 Å². The quantitative estimate of drug-likeness (QED) is 0.683. The highest BCUT2D eigenvalue weighted by Gasteiger charge is 2.12. The molecule has 0 saturated heterocycles. The zero-order valence-electron chi connectivity index (χ0n) is 12.6. The third kappa shape index (κ3) is 2.25. The number of rotatable bonds is 2. The van der Waals surface area contributed by atoms with Gasteiger partial charge in [0.15, 0.2) is 0 Å². The lowest BCUT2D eigenvalue weighted by atomic mass is 10.0. The molecule has 22 heavy (non-hydrogen) atoms. The van der Waals surface area contributed by atoms with E-state index in [0.29, 0.717) is 11.1 Å². The van der Waals surface area contributed by atoms with Crippen LogP contribution in [0.25, 0.3) is 22.0 Å². The predicted molar refractivity (Wildman–Crippen MR) is 88.9 cm³/mol. The van der Waals surface area contributed by atoms with Gasteiger partial charge in [-0.25, -0.2) is 4.39 Å². The number of allylic oxidation sites excluding steroid dienone is 1. The fourth-order valence-corrected chi connectivity index (χ4v) is 2.65. The van der Waals surface area contributed by atoms with Crippen LogP contribution in [-0.2, 0) is 0 Å². The molecule has 3 aromatic rings. The summed E-state index contributed by atoms with van der Waals surface area (Å²) in [5.74, 6) is -0.363. The number of aromatic nitrogens is 1. The first kappa shape index (κ1) is 14.3. The topological polar surface area (TPSA) is 22.0 Å². The van der Waals surface area contributed by atoms with Crippen LogP contribution >= 0.6 is 0 Å². The highest BCUT2D eigenvalue weighted by atomic mass is 19.1. The molecule has 0 unspecified atom stereocenters. The molecule has 3 heteroatoms. The maximum atomic E-state index is 13.6. The van der Waals surface area contributed by atoms with Gasteiger partial charge in [0.1, 0.15) is 5.82 Å². The Hall–Kier alpha value is -2.68. The molecule has 0 aliphatic carbocycles. The van der Waals surface area contributed by atoms with Crippen molar-refractivity contribution in [1.29, 1.82) is 0 Å². The number of hydrogen-bond acceptors (Lipinski definition) is 1. The molecular weight excluding hydrogens is 277 g/mol. The largest absolute Gasteiger partial charge is 0.283 e. The molecule has 0 radical (unpaired) electrons. The molecule has 0 N–H and O–H groups in total. The molecule has 110 valence electrons. The number of hydrogen-bond donors (Lipinski definition) is 0. The van der Waals surface area contributed by atoms with E-state index in [1.807, 2.05) is 32.0 Å². The van der Waals surface area contributed by atoms with E-state index in [9.17, 15) is 9.18 Å². The SMILES string of the molecule is C=C(C)c1cn(-c2cc(F)ccc2C)c(=O)c2ccccc12. The van der Waals surface area contributed by atoms with Crippen LogP contribution in [-0.4, -0.2) is 4.57 Å². The Morgan fingerprint density at radius 1 is 1.14 bits per heavy atom. The van der Waals surface area contributed by atoms with E-state index in [-0.39, 0.29) is 11.4 Å². The normalized spacial score (nSPS) is 10.9. The molecule has 1 heterocycles. The Morgan fingerprint density at radius 2 is 1.82 bits per heavy atom. The Balaban J connectivity index is 2.45. The van der Waals surface area contributed by atoms with E-state index in [1.54, 1.807) is 18.3 Å². The predicted octanol–water partition coefficient (Wildman–Crippen LogP) is 4.47. The lowest BCUT2D eigenvalue weighted by molar-refractivity contribution is 0.625. The summed E-state index contributed by atoms with van der Waals surface area (Å²) >= 11 is 0. The molecule has 3 rings (SSSR count). The van der Waals surface area contributed by atoms with Crippen LogP contribution in [0.15, 0.2) is 60.0 Å². The molecule has 0 aliphatic heterocycles. The van der Waals surface area contributed by atoms with Gasteiger partial charge in [-0.2, -0.15) is 0 Å². The van der Waals surface area contributed by atoms with Crippen LogP contribution < -0.4 is 5.56 Å². The number of pyridine rings is 1. The molecule has 1 aromatic heterocycles. The van der Waals surface area contributed by atoms with Crippen LogP contribution in [0.3, 0.4) is 0 Å². The third-order valence-corrected chi connectivity index (χ3v) is 3.82. The van der Waals surface area contributed by atoms with Gasteiger partial charge in [-0.05, 0) is 48.6 Å². The lowest BCUT2D eigenvalue weighted by Crippen LogP contribution is -2.20. The second kappa shape index (κ2) is 5.26. The van der Waals surface area contributed by atoms with Crippen molar-refractivity contribution < 1.29 is 4.39 Å². The molecule has 0 amide bonds. The summed E-state index contributed by atoms with van der Waals surface area (Å²) < 4.78 is 15.1. The molecular formula is C19H16FNO. The number of benzene rings is 2. The third-order valence-electron chi connectivity index (χ3n) is 3.82. The van der Waals surface area contributed by atoms with Crippen molar-refractivity contribution in [3.05, 3.63) is 82.5 Å². The fraction of sp³-hybridized carbons (Fsp3) is 0.105. The van der Waals surface area contributed by atoms with E-state index in [4.69, 9.17) is 0 Å². The van der Waals surface area contributed by atoms with Crippen molar-refractivity contribution in [3.63, 3.8) is 0 Å². The van der Waals surface area contributed by atoms with Crippen molar-refractivity contribution >= 4 is 16.3 Å². The molecule has 0 bridgehead atoms. The molecule has 0 saturated carbocycles. The minimum absolute atomic E-state index is 0.158. The maximum absolute atomic E-state index is 13.6. The summed E-state index contributed by atoms with van der Waals surface area (Å²) in [4.78, 5) is 12.8. The van der Waals surface area contributed by atoms with Crippen LogP contribution in [0.1, 0.15) is 18.1 Å². The highest BCUT2D eigenvalue weighted by Crippen LogP contribution is 2.24. The zero-order chi connectivity index (χ0) is 15.9. The number of halogens is 1. The van der Waals surface area contributed by atoms with Crippen molar-refractivity contribution in [1.82, 2.24) is 4.57 Å². The van der Waals surface area contributed by atoms with Crippen molar-refractivity contribution in [2.24, 2.45) is 0 Å². The number of nitrogens with zero attached hydrogens (tertiary/aromatic N) is 1. The van der Waals surface area contributed by atoms with Gasteiger partial charge in [-0.1, -0.05) is 30.8 Å². The smallest absolute Gasteiger partial charge is 0.263 e. The van der Waals surface area contributed by atoms with Crippen LogP contribution in [0.5, 0.6) is 0 Å². The summed E-state index contributed by atoms with van der Waals surface area (Å²) in [7, 11) is 0. The van der Waals surface area contributed by atoms with E-state index in [0.717, 1.165) is 22.1 Å². The number of aryl methyl sites for hydroxylation is 1. The van der Waals surface area contributed by atoms with Gasteiger partial charge >= 0.3 is 0 Å². The van der Waals surface area contributed by atoms with Crippen molar-refractivity contribution in [2.75, 3.05) is 0 Å². The summed E-state index contributed by atoms with van der Waals surface area (Å²) in [5, 5.41) is 1.47. The summed E-state index contributed by atoms with van der Waals surface area (Å²) in [5.41, 5.74) is 2.98. The van der Waals surface area contributed by atoms with Crippen molar-refractivity contribution in [3.8, 4) is 5.69 Å². The van der Waals surface area contributed by atoms with Gasteiger partial charge in [-0.3, -0.25) is 9.36 Å². The molecule has 2 aromatic carbocycles. The van der Waals surface area contributed by atoms with Gasteiger partial charge in [-0.15, -0.1) is 0 Å². The van der Waals surface area contributed by atoms with Gasteiger partial charge < -0.3 is 0 Å². The van der Waals surface area contributed by atoms with E-state index < -0.39 is 0 Å². The summed E-state index contributed by atoms with van der Waals surface area (Å²) in [6.07, 6.45) is 1.74. The van der Waals surface area contributed by atoms with Gasteiger partial charge in [0.2, 0.25) is 0 Å². The molecule has 2 nitrogen and oxygen atoms in total. The average molecular weight is 293 g/mol. The molecule has 0 spiro atoms. The summed E-state index contributed by atoms with van der Waals surface area (Å²) in [6.45, 7) is 7.75. The van der Waals surface area contributed by atoms with E-state index in [2.05, 4.69) is 6.58 Å². The minimum Gasteiger partial charge on any atom is -0.283 e. The second-order valence-electron chi connectivity index (χ2n) is 5.47. The summed E-state index contributed by atoms with van der Waals surface area (Å²) in [6, 6.07) is 11.9. The van der Waals surface area contributed by atoms with Crippen LogP contribution in [0, 0.1) is 12.7 Å². The first-order chi connectivity index (χ1) is 10.5. The molecule has 0 atom stereocenters. The Kier molecular flexibility index (Phi) is 3.41. The van der Waals surface area contributed by atoms with E-state index in [1.165, 1.54) is 16.7 Å². The van der Waals surface area contributed by atoms with Crippen LogP contribution in [0.2, 0.25) is 0 Å². The van der Waals surface area contributed by atoms with Gasteiger partial charge in [0.25, 0.3) is 5.56 Å². The maximum Gasteiger partial charge on any atom is 0.263 e. The molecule has 0 aliphatic rings. The minimum atomic E-state index is -0.363. The lowest BCUT2D eigenvalue weighted by Gasteiger charge is -2.14. The first-order valence-electron chi connectivity index (χ1n) is 7.06. The molecule has 0 fully saturated rings. The zero-order valence-corrected chi connectivity index (χ0v) is 12.6. The van der Waals surface area contributed by atoms with Crippen LogP contribution in [0.4, 0.5) is 4.39 Å². The van der Waals surface area contributed by atoms with Gasteiger partial charge in [0.05, 0.1) is 5.69 Å². The number of fused-ring (bicyclic) bond motifs is 1. The van der Waals surface area contributed by atoms with Gasteiger partial charge in [0, 0.05) is 17.1 Å². The fourth-order valence-electron chi connectivity index (χ4n) is 2.65. The monoisotopic (exact) mass is 293 g/mol. The average Bonchev–Trinajstić information content (AvgIpc) is 2.50. The first-order valence-corrected chi connectivity index (χ1v) is 7.06. The Bertz CT molecular complexity index is 953. The highest BCUT2D eigenvalue weighted by molar-refractivity contribution is 5.92. The Morgan fingerprint density at radius 3 is 2.50 bits per heavy atom. The Labute approximate surface area is 128 Å².